The molecule has 0 bridgehead atoms. The fourth-order valence-electron chi connectivity index (χ4n) is 12.0. The number of aliphatic carboxylic acids is 1. The average molecular weight is 1520 g/mol. The van der Waals surface area contributed by atoms with Crippen molar-refractivity contribution >= 4 is 46.6 Å². The lowest BCUT2D eigenvalue weighted by Crippen LogP contribution is -2.38. The third-order valence-corrected chi connectivity index (χ3v) is 18.1. The number of nitriles is 4. The minimum atomic E-state index is -5.08. The number of alkyl halides is 3. The molecule has 7 heterocycles. The van der Waals surface area contributed by atoms with E-state index in [1.54, 1.807) is 50.1 Å². The molecule has 0 spiro atoms. The number of halogens is 3. The van der Waals surface area contributed by atoms with E-state index in [0.717, 1.165) is 149 Å². The topological polar surface area (TPSA) is 416 Å². The molecule has 0 aliphatic carbocycles. The molecule has 31 nitrogen and oxygen atoms in total. The molecule has 0 radical (unpaired) electrons. The second-order valence-electron chi connectivity index (χ2n) is 25.4. The first kappa shape index (κ1) is 81.6. The van der Waals surface area contributed by atoms with Gasteiger partial charge in [-0.1, -0.05) is 45.0 Å². The van der Waals surface area contributed by atoms with E-state index in [9.17, 15) is 37.8 Å². The number of aromatic nitrogens is 9. The molecule has 0 atom stereocenters. The van der Waals surface area contributed by atoms with Crippen molar-refractivity contribution in [3.63, 3.8) is 0 Å². The zero-order valence-corrected chi connectivity index (χ0v) is 60.8. The number of ether oxygens (including phenoxy) is 6. The Hall–Kier alpha value is -13.5. The maximum Gasteiger partial charge on any atom is 0.490 e. The highest BCUT2D eigenvalue weighted by atomic mass is 19.4. The van der Waals surface area contributed by atoms with Crippen molar-refractivity contribution in [2.75, 3.05) is 92.8 Å². The monoisotopic (exact) mass is 1520 g/mol. The van der Waals surface area contributed by atoms with Crippen LogP contribution in [0.5, 0.6) is 29.1 Å². The smallest absolute Gasteiger partial charge is 0.490 e. The number of aromatic amines is 1. The first-order valence-corrected chi connectivity index (χ1v) is 35.3. The second kappa shape index (κ2) is 39.9. The molecule has 6 aromatic carbocycles. The Labute approximate surface area is 635 Å². The molecule has 13 rings (SSSR count). The minimum absolute atomic E-state index is 0.0364. The predicted molar refractivity (Wildman–Crippen MR) is 394 cm³/mol. The largest absolute Gasteiger partial charge is 0.497 e. The zero-order valence-electron chi connectivity index (χ0n) is 60.8. The van der Waals surface area contributed by atoms with Crippen LogP contribution in [0, 0.1) is 45.3 Å². The molecular formula is C77H80F3N17O14. The van der Waals surface area contributed by atoms with Crippen LogP contribution in [-0.4, -0.2) is 193 Å². The number of nitrogens with one attached hydrogen (secondary N) is 1. The molecule has 0 unspecified atom stereocenters. The van der Waals surface area contributed by atoms with Crippen molar-refractivity contribution in [2.24, 2.45) is 0 Å². The molecule has 34 heteroatoms. The Kier molecular flexibility index (Phi) is 29.4. The van der Waals surface area contributed by atoms with Gasteiger partial charge in [-0.15, -0.1) is 10.2 Å². The SMILES string of the molecule is CCOC(=O)c1nnn(Cc2ccc(OC)cc2)c1OC1CCN(c2ccc(C#N)cc2)CC1.COc1ccc(Cn2nnc(C(=O)O)c2OC2CCN(c3ccc(C#N)cc3)CC2)cc1.N#Cc1ccc(N2CCC(O)CC2)cc1.N#Cc1ccc(N2CCC(Oc3nn[nH]c3C(=O)O)CC2)cc1.O=C(O)C(F)(F)F. The number of carboxylic acids is 3. The fraction of sp³-hybridized carbons (Fsp3) is 0.351. The van der Waals surface area contributed by atoms with Crippen LogP contribution >= 0.6 is 0 Å². The van der Waals surface area contributed by atoms with Gasteiger partial charge in [-0.05, 0) is 152 Å². The molecule has 0 amide bonds. The number of carboxylic acid groups (broad SMARTS) is 3. The summed E-state index contributed by atoms with van der Waals surface area (Å²) < 4.78 is 68.5. The maximum atomic E-state index is 12.5. The van der Waals surface area contributed by atoms with E-state index < -0.39 is 30.1 Å². The van der Waals surface area contributed by atoms with Crippen LogP contribution in [0.1, 0.15) is 123 Å². The van der Waals surface area contributed by atoms with Crippen LogP contribution in [0.15, 0.2) is 146 Å². The van der Waals surface area contributed by atoms with E-state index in [1.165, 1.54) is 4.68 Å². The lowest BCUT2D eigenvalue weighted by atomic mass is 10.1. The van der Waals surface area contributed by atoms with Crippen molar-refractivity contribution < 1.29 is 81.2 Å². The number of esters is 1. The number of methoxy groups -OCH3 is 2. The highest BCUT2D eigenvalue weighted by Crippen LogP contribution is 2.31. The number of anilines is 4. The predicted octanol–water partition coefficient (Wildman–Crippen LogP) is 9.96. The first-order chi connectivity index (χ1) is 53.6. The van der Waals surface area contributed by atoms with Crippen LogP contribution in [0.3, 0.4) is 0 Å². The second-order valence-corrected chi connectivity index (χ2v) is 25.4. The van der Waals surface area contributed by atoms with Gasteiger partial charge in [-0.25, -0.2) is 33.6 Å². The van der Waals surface area contributed by atoms with Crippen LogP contribution in [0.25, 0.3) is 0 Å². The Bertz CT molecular complexity index is 4680. The molecular weight excluding hydrogens is 1440 g/mol. The Morgan fingerprint density at radius 2 is 0.802 bits per heavy atom. The number of piperidine rings is 4. The van der Waals surface area contributed by atoms with Crippen molar-refractivity contribution in [3.8, 4) is 53.4 Å². The van der Waals surface area contributed by atoms with Gasteiger partial charge in [0.2, 0.25) is 28.8 Å². The summed E-state index contributed by atoms with van der Waals surface area (Å²) in [5.74, 6) is -3.58. The zero-order chi connectivity index (χ0) is 79.4. The molecule has 4 fully saturated rings. The lowest BCUT2D eigenvalue weighted by Gasteiger charge is -2.33. The van der Waals surface area contributed by atoms with Crippen LogP contribution in [0.2, 0.25) is 0 Å². The van der Waals surface area contributed by atoms with Gasteiger partial charge in [0.1, 0.15) is 29.8 Å². The number of carbonyl (C=O) groups is 4. The number of carbonyl (C=O) groups excluding carboxylic acids is 1. The van der Waals surface area contributed by atoms with E-state index in [4.69, 9.17) is 64.5 Å². The summed E-state index contributed by atoms with van der Waals surface area (Å²) in [5, 5.41) is 96.0. The molecule has 9 aromatic rings. The summed E-state index contributed by atoms with van der Waals surface area (Å²) in [7, 11) is 3.22. The summed E-state index contributed by atoms with van der Waals surface area (Å²) in [6, 6.07) is 53.7. The number of rotatable bonds is 20. The van der Waals surface area contributed by atoms with Crippen molar-refractivity contribution in [3.05, 3.63) is 196 Å². The third-order valence-electron chi connectivity index (χ3n) is 18.1. The van der Waals surface area contributed by atoms with Gasteiger partial charge in [0.25, 0.3) is 5.88 Å². The number of aliphatic hydroxyl groups is 1. The minimum Gasteiger partial charge on any atom is -0.497 e. The Morgan fingerprint density at radius 3 is 1.11 bits per heavy atom. The summed E-state index contributed by atoms with van der Waals surface area (Å²) >= 11 is 0. The number of benzene rings is 6. The van der Waals surface area contributed by atoms with Gasteiger partial charge in [0, 0.05) is 114 Å². The maximum absolute atomic E-state index is 12.5. The number of nitrogens with zero attached hydrogens (tertiary/aromatic N) is 16. The summed E-state index contributed by atoms with van der Waals surface area (Å²) in [4.78, 5) is 53.0. The Morgan fingerprint density at radius 1 is 0.477 bits per heavy atom. The fourth-order valence-corrected chi connectivity index (χ4v) is 12.0. The molecule has 578 valence electrons. The molecule has 4 aliphatic rings. The molecule has 111 heavy (non-hydrogen) atoms. The molecule has 3 aromatic heterocycles. The van der Waals surface area contributed by atoms with Crippen molar-refractivity contribution in [1.29, 1.82) is 21.0 Å². The lowest BCUT2D eigenvalue weighted by molar-refractivity contribution is -0.192. The van der Waals surface area contributed by atoms with E-state index in [-0.39, 0.29) is 59.9 Å². The average Bonchev–Trinajstić information content (AvgIpc) is 1.68. The van der Waals surface area contributed by atoms with Gasteiger partial charge < -0.3 is 68.4 Å². The molecule has 5 N–H and O–H groups in total. The van der Waals surface area contributed by atoms with E-state index in [2.05, 4.69) is 79.9 Å². The standard InChI is InChI=1S/C25H27N5O4.C23H23N5O4.C15H15N5O3.C12H14N2O.C2HF3O2/c1-3-33-25(31)23-24(30(28-27-23)17-19-6-10-21(32-2)11-7-19)34-22-12-14-29(15-13-22)20-8-4-18(16-26)5-9-20;1-31-19-8-4-17(5-9-19)15-28-22(21(23(29)30)25-26-28)32-20-10-12-27(13-11-20)18-6-2-16(14-24)3-7-18;16-9-10-1-3-11(4-2-10)20-7-5-12(6-8-20)23-14-13(15(21)22)17-19-18-14;13-9-10-1-3-11(4-2-10)14-7-5-12(15)6-8-14;3-2(4,5)1(6)7/h4-11,22H,3,12-15,17H2,1-2H3;2-9,20H,10-13,15H2,1H3,(H,29,30);1-4,12H,5-8H2,(H,21,22)(H,17,18,19);1-4,12,15H,5-8H2;(H,6,7). The quantitative estimate of drug-likeness (QED) is 0.0443. The van der Waals surface area contributed by atoms with E-state index in [1.807, 2.05) is 121 Å². The highest BCUT2D eigenvalue weighted by Gasteiger charge is 2.38. The number of aromatic carboxylic acids is 2. The van der Waals surface area contributed by atoms with Crippen LogP contribution in [0.4, 0.5) is 35.9 Å². The highest BCUT2D eigenvalue weighted by molar-refractivity contribution is 5.90. The molecule has 0 saturated carbocycles. The van der Waals surface area contributed by atoms with E-state index >= 15 is 0 Å². The van der Waals surface area contributed by atoms with Crippen molar-refractivity contribution in [2.45, 2.75) is 102 Å². The normalized spacial score (nSPS) is 14.5. The first-order valence-electron chi connectivity index (χ1n) is 35.3. The third kappa shape index (κ3) is 23.5. The summed E-state index contributed by atoms with van der Waals surface area (Å²) in [6.45, 7) is 9.22. The van der Waals surface area contributed by atoms with Gasteiger partial charge >= 0.3 is 30.1 Å². The van der Waals surface area contributed by atoms with Crippen molar-refractivity contribution in [1.82, 2.24) is 45.4 Å². The number of aliphatic hydroxyl groups excluding tert-OH is 1. The summed E-state index contributed by atoms with van der Waals surface area (Å²) in [6.07, 6.45) is 0.642. The number of H-pyrrole nitrogens is 1. The van der Waals surface area contributed by atoms with Gasteiger partial charge in [-0.2, -0.15) is 34.2 Å². The van der Waals surface area contributed by atoms with Gasteiger partial charge in [-0.3, -0.25) is 0 Å². The van der Waals surface area contributed by atoms with Crippen LogP contribution in [-0.2, 0) is 22.6 Å². The Balaban J connectivity index is 0.000000170. The van der Waals surface area contributed by atoms with Crippen LogP contribution < -0.4 is 43.3 Å². The van der Waals surface area contributed by atoms with Gasteiger partial charge in [0.05, 0.1) is 86.6 Å². The van der Waals surface area contributed by atoms with E-state index in [0.29, 0.717) is 41.2 Å². The molecule has 4 saturated heterocycles. The number of hydrogen-bond acceptors (Lipinski definition) is 25. The number of hydrogen-bond donors (Lipinski definition) is 5. The summed E-state index contributed by atoms with van der Waals surface area (Å²) in [5.41, 5.74) is 8.62. The van der Waals surface area contributed by atoms with Gasteiger partial charge in [0.15, 0.2) is 0 Å². The molecule has 4 aliphatic heterocycles.